The van der Waals surface area contributed by atoms with Crippen LogP contribution in [0.25, 0.3) is 11.3 Å². The quantitative estimate of drug-likeness (QED) is 0.585. The predicted molar refractivity (Wildman–Crippen MR) is 69.2 cm³/mol. The molecule has 17 heavy (non-hydrogen) atoms. The highest BCUT2D eigenvalue weighted by Crippen LogP contribution is 2.38. The minimum Gasteiger partial charge on any atom is -0.261 e. The molecule has 0 fully saturated rings. The fraction of sp³-hybridized carbons (Fsp3) is 0.333. The van der Waals surface area contributed by atoms with Crippen molar-refractivity contribution in [3.63, 3.8) is 0 Å². The van der Waals surface area contributed by atoms with Gasteiger partial charge in [-0.2, -0.15) is 0 Å². The summed E-state index contributed by atoms with van der Waals surface area (Å²) in [6, 6.07) is 0. The third-order valence-corrected chi connectivity index (χ3v) is 4.03. The minimum atomic E-state index is 1.01. The number of rotatable bonds is 0. The molecule has 1 aliphatic carbocycles. The van der Waals surface area contributed by atoms with Crippen LogP contribution in [0, 0.1) is 27.7 Å². The maximum atomic E-state index is 4.59. The molecule has 0 atom stereocenters. The highest BCUT2D eigenvalue weighted by Gasteiger charge is 2.24. The molecule has 0 radical (unpaired) electrons. The molecule has 0 aliphatic heterocycles. The number of pyridine rings is 2. The lowest BCUT2D eigenvalue weighted by molar-refractivity contribution is 1.09. The molecule has 2 aromatic rings. The fourth-order valence-electron chi connectivity index (χ4n) is 2.57. The van der Waals surface area contributed by atoms with Crippen LogP contribution in [0.3, 0.4) is 0 Å². The second-order valence-corrected chi connectivity index (χ2v) is 4.93. The molecule has 0 bridgehead atoms. The van der Waals surface area contributed by atoms with E-state index in [4.69, 9.17) is 0 Å². The zero-order valence-corrected chi connectivity index (χ0v) is 10.8. The van der Waals surface area contributed by atoms with Crippen LogP contribution in [-0.2, 0) is 6.42 Å². The first-order valence-corrected chi connectivity index (χ1v) is 6.00. The lowest BCUT2D eigenvalue weighted by atomic mass is 10.0. The number of fused-ring (bicyclic) bond motifs is 3. The summed E-state index contributed by atoms with van der Waals surface area (Å²) in [5.74, 6) is 0. The van der Waals surface area contributed by atoms with E-state index in [1.165, 1.54) is 33.4 Å². The smallest absolute Gasteiger partial charge is 0.0758 e. The van der Waals surface area contributed by atoms with Crippen LogP contribution in [0.15, 0.2) is 12.4 Å². The molecular weight excluding hydrogens is 208 g/mol. The van der Waals surface area contributed by atoms with Crippen molar-refractivity contribution in [1.82, 2.24) is 9.97 Å². The van der Waals surface area contributed by atoms with E-state index in [1.54, 1.807) is 0 Å². The minimum absolute atomic E-state index is 1.01. The average Bonchev–Trinajstić information content (AvgIpc) is 2.69. The zero-order valence-electron chi connectivity index (χ0n) is 10.8. The normalized spacial score (nSPS) is 12.5. The molecule has 1 aliphatic rings. The van der Waals surface area contributed by atoms with E-state index in [0.717, 1.165) is 17.8 Å². The van der Waals surface area contributed by atoms with Gasteiger partial charge >= 0.3 is 0 Å². The number of aryl methyl sites for hydroxylation is 2. The van der Waals surface area contributed by atoms with Gasteiger partial charge in [0.1, 0.15) is 0 Å². The Balaban J connectivity index is 2.31. The van der Waals surface area contributed by atoms with E-state index in [-0.39, 0.29) is 0 Å². The van der Waals surface area contributed by atoms with Crippen LogP contribution < -0.4 is 0 Å². The van der Waals surface area contributed by atoms with Crippen LogP contribution in [0.4, 0.5) is 0 Å². The summed E-state index contributed by atoms with van der Waals surface area (Å²) in [6.45, 7) is 8.55. The molecule has 3 rings (SSSR count). The van der Waals surface area contributed by atoms with E-state index >= 15 is 0 Å². The number of hydrogen-bond acceptors (Lipinski definition) is 2. The molecule has 0 aromatic carbocycles. The van der Waals surface area contributed by atoms with Gasteiger partial charge in [0.25, 0.3) is 0 Å². The van der Waals surface area contributed by atoms with Crippen molar-refractivity contribution < 1.29 is 0 Å². The van der Waals surface area contributed by atoms with Gasteiger partial charge < -0.3 is 0 Å². The molecule has 0 saturated carbocycles. The largest absolute Gasteiger partial charge is 0.261 e. The van der Waals surface area contributed by atoms with Gasteiger partial charge in [0, 0.05) is 30.1 Å². The fourth-order valence-corrected chi connectivity index (χ4v) is 2.57. The molecule has 0 N–H and O–H groups in total. The van der Waals surface area contributed by atoms with Gasteiger partial charge in [0.05, 0.1) is 5.69 Å². The van der Waals surface area contributed by atoms with Gasteiger partial charge in [-0.05, 0) is 55.5 Å². The lowest BCUT2D eigenvalue weighted by Crippen LogP contribution is -1.93. The maximum Gasteiger partial charge on any atom is 0.0758 e. The van der Waals surface area contributed by atoms with Gasteiger partial charge in [0.15, 0.2) is 0 Å². The van der Waals surface area contributed by atoms with Gasteiger partial charge in [0.2, 0.25) is 0 Å². The Kier molecular flexibility index (Phi) is 2.09. The number of aromatic nitrogens is 2. The first kappa shape index (κ1) is 10.5. The molecule has 0 spiro atoms. The molecule has 2 aromatic heterocycles. The Labute approximate surface area is 102 Å². The van der Waals surface area contributed by atoms with Crippen molar-refractivity contribution in [1.29, 1.82) is 0 Å². The van der Waals surface area contributed by atoms with Crippen molar-refractivity contribution in [2.45, 2.75) is 34.1 Å². The van der Waals surface area contributed by atoms with Crippen molar-refractivity contribution >= 4 is 0 Å². The van der Waals surface area contributed by atoms with Gasteiger partial charge in [-0.25, -0.2) is 0 Å². The third-order valence-electron chi connectivity index (χ3n) is 4.03. The Morgan fingerprint density at radius 2 is 1.65 bits per heavy atom. The highest BCUT2D eigenvalue weighted by atomic mass is 14.7. The molecule has 2 heterocycles. The van der Waals surface area contributed by atoms with Crippen molar-refractivity contribution in [2.75, 3.05) is 0 Å². The van der Waals surface area contributed by atoms with Crippen LogP contribution in [0.2, 0.25) is 0 Å². The molecule has 0 saturated heterocycles. The summed E-state index contributed by atoms with van der Waals surface area (Å²) < 4.78 is 0. The SMILES string of the molecule is Cc1cnc2c(c1C)Cc1c-2cnc(C)c1C. The van der Waals surface area contributed by atoms with E-state index in [2.05, 4.69) is 37.7 Å². The summed E-state index contributed by atoms with van der Waals surface area (Å²) in [5.41, 5.74) is 10.3. The second kappa shape index (κ2) is 3.39. The average molecular weight is 224 g/mol. The standard InChI is InChI=1S/C15H16N2/c1-8-6-17-15-13(9(8)2)5-12-10(3)11(4)16-7-14(12)15/h6-7H,5H2,1-4H3. The van der Waals surface area contributed by atoms with E-state index < -0.39 is 0 Å². The summed E-state index contributed by atoms with van der Waals surface area (Å²) >= 11 is 0. The first-order valence-electron chi connectivity index (χ1n) is 6.00. The predicted octanol–water partition coefficient (Wildman–Crippen LogP) is 3.28. The number of hydrogen-bond donors (Lipinski definition) is 0. The molecule has 86 valence electrons. The second-order valence-electron chi connectivity index (χ2n) is 4.93. The molecule has 2 nitrogen and oxygen atoms in total. The molecular formula is C15H16N2. The summed E-state index contributed by atoms with van der Waals surface area (Å²) in [6.07, 6.45) is 4.96. The van der Waals surface area contributed by atoms with E-state index in [1.807, 2.05) is 12.4 Å². The van der Waals surface area contributed by atoms with Crippen molar-refractivity contribution in [2.24, 2.45) is 0 Å². The van der Waals surface area contributed by atoms with Crippen LogP contribution >= 0.6 is 0 Å². The van der Waals surface area contributed by atoms with Crippen LogP contribution in [-0.4, -0.2) is 9.97 Å². The monoisotopic (exact) mass is 224 g/mol. The maximum absolute atomic E-state index is 4.59. The van der Waals surface area contributed by atoms with Gasteiger partial charge in [-0.3, -0.25) is 9.97 Å². The Morgan fingerprint density at radius 1 is 0.882 bits per heavy atom. The van der Waals surface area contributed by atoms with Gasteiger partial charge in [-0.1, -0.05) is 0 Å². The highest BCUT2D eigenvalue weighted by molar-refractivity contribution is 5.75. The Hall–Kier alpha value is -1.70. The Morgan fingerprint density at radius 3 is 2.41 bits per heavy atom. The molecule has 0 amide bonds. The third kappa shape index (κ3) is 1.33. The van der Waals surface area contributed by atoms with Crippen LogP contribution in [0.5, 0.6) is 0 Å². The molecule has 0 unspecified atom stereocenters. The van der Waals surface area contributed by atoms with Crippen molar-refractivity contribution in [3.8, 4) is 11.3 Å². The summed E-state index contributed by atoms with van der Waals surface area (Å²) in [7, 11) is 0. The van der Waals surface area contributed by atoms with E-state index in [9.17, 15) is 0 Å². The first-order chi connectivity index (χ1) is 8.09. The van der Waals surface area contributed by atoms with Crippen molar-refractivity contribution in [3.05, 3.63) is 45.9 Å². The van der Waals surface area contributed by atoms with Crippen LogP contribution in [0.1, 0.15) is 33.5 Å². The lowest BCUT2D eigenvalue weighted by Gasteiger charge is -2.05. The Bertz CT molecular complexity index is 572. The van der Waals surface area contributed by atoms with Gasteiger partial charge in [-0.15, -0.1) is 0 Å². The number of nitrogens with zero attached hydrogens (tertiary/aromatic N) is 2. The summed E-state index contributed by atoms with van der Waals surface area (Å²) in [4.78, 5) is 9.05. The molecule has 2 heteroatoms. The topological polar surface area (TPSA) is 25.8 Å². The van der Waals surface area contributed by atoms with E-state index in [0.29, 0.717) is 0 Å². The summed E-state index contributed by atoms with van der Waals surface area (Å²) in [5, 5.41) is 0. The zero-order chi connectivity index (χ0) is 12.2.